The monoisotopic (exact) mass is 417 g/mol. The number of nitrogens with one attached hydrogen (secondary N) is 3. The second kappa shape index (κ2) is 12.0. The van der Waals surface area contributed by atoms with Crippen LogP contribution in [0, 0.1) is 6.92 Å². The highest BCUT2D eigenvalue weighted by atomic mass is 127. The maximum absolute atomic E-state index is 11.8. The molecule has 0 radical (unpaired) electrons. The van der Waals surface area contributed by atoms with Crippen molar-refractivity contribution >= 4 is 41.7 Å². The zero-order valence-electron chi connectivity index (χ0n) is 13.1. The van der Waals surface area contributed by atoms with Gasteiger partial charge in [-0.3, -0.25) is 9.79 Å². The van der Waals surface area contributed by atoms with Gasteiger partial charge in [0.2, 0.25) is 5.91 Å². The number of hydrogen-bond acceptors (Lipinski definition) is 3. The smallest absolute Gasteiger partial charge is 0.227 e. The highest BCUT2D eigenvalue weighted by Crippen LogP contribution is 2.04. The molecule has 0 aromatic carbocycles. The van der Waals surface area contributed by atoms with E-state index in [1.165, 1.54) is 0 Å². The Hall–Kier alpha value is -1.64. The maximum Gasteiger partial charge on any atom is 0.227 e. The predicted molar refractivity (Wildman–Crippen MR) is 102 cm³/mol. The SMILES string of the molecule is C=CCNC(=NCCC(=O)Nc1ccc(C)cn1)NCC.I. The highest BCUT2D eigenvalue weighted by molar-refractivity contribution is 14.0. The van der Waals surface area contributed by atoms with Crippen molar-refractivity contribution in [3.63, 3.8) is 0 Å². The molecule has 1 amide bonds. The summed E-state index contributed by atoms with van der Waals surface area (Å²) in [6.07, 6.45) is 3.78. The lowest BCUT2D eigenvalue weighted by Gasteiger charge is -2.09. The van der Waals surface area contributed by atoms with E-state index in [0.717, 1.165) is 12.1 Å². The van der Waals surface area contributed by atoms with Gasteiger partial charge in [-0.2, -0.15) is 0 Å². The Morgan fingerprint density at radius 1 is 1.41 bits per heavy atom. The third-order valence-corrected chi connectivity index (χ3v) is 2.55. The van der Waals surface area contributed by atoms with E-state index in [4.69, 9.17) is 0 Å². The molecule has 0 spiro atoms. The molecule has 7 heteroatoms. The van der Waals surface area contributed by atoms with Gasteiger partial charge < -0.3 is 16.0 Å². The fraction of sp³-hybridized carbons (Fsp3) is 0.400. The van der Waals surface area contributed by atoms with Crippen LogP contribution in [0.15, 0.2) is 36.0 Å². The van der Waals surface area contributed by atoms with Crippen LogP contribution in [0.5, 0.6) is 0 Å². The van der Waals surface area contributed by atoms with E-state index in [2.05, 4.69) is 32.5 Å². The van der Waals surface area contributed by atoms with Crippen LogP contribution in [0.3, 0.4) is 0 Å². The first-order valence-electron chi connectivity index (χ1n) is 7.01. The third-order valence-electron chi connectivity index (χ3n) is 2.55. The van der Waals surface area contributed by atoms with E-state index >= 15 is 0 Å². The van der Waals surface area contributed by atoms with E-state index in [1.807, 2.05) is 19.9 Å². The minimum Gasteiger partial charge on any atom is -0.357 e. The summed E-state index contributed by atoms with van der Waals surface area (Å²) in [7, 11) is 0. The summed E-state index contributed by atoms with van der Waals surface area (Å²) in [6.45, 7) is 9.38. The van der Waals surface area contributed by atoms with E-state index in [1.54, 1.807) is 18.3 Å². The fourth-order valence-corrected chi connectivity index (χ4v) is 1.53. The van der Waals surface area contributed by atoms with Gasteiger partial charge in [0, 0.05) is 25.7 Å². The van der Waals surface area contributed by atoms with E-state index in [0.29, 0.717) is 31.3 Å². The Morgan fingerprint density at radius 2 is 2.18 bits per heavy atom. The fourth-order valence-electron chi connectivity index (χ4n) is 1.53. The molecule has 3 N–H and O–H groups in total. The summed E-state index contributed by atoms with van der Waals surface area (Å²) >= 11 is 0. The second-order valence-corrected chi connectivity index (χ2v) is 4.45. The number of guanidine groups is 1. The molecular weight excluding hydrogens is 393 g/mol. The third kappa shape index (κ3) is 8.60. The standard InChI is InChI=1S/C15H23N5O.HI/c1-4-9-17-15(16-5-2)18-10-8-14(21)20-13-7-6-12(3)11-19-13;/h4,6-7,11H,1,5,8-10H2,2-3H3,(H2,16,17,18)(H,19,20,21);1H. The highest BCUT2D eigenvalue weighted by Gasteiger charge is 2.03. The zero-order valence-corrected chi connectivity index (χ0v) is 15.4. The predicted octanol–water partition coefficient (Wildman–Crippen LogP) is 2.08. The van der Waals surface area contributed by atoms with Crippen LogP contribution in [-0.4, -0.2) is 36.5 Å². The minimum atomic E-state index is -0.102. The molecule has 0 atom stereocenters. The number of hydrogen-bond donors (Lipinski definition) is 3. The molecular formula is C15H24IN5O. The molecule has 0 saturated carbocycles. The number of halogens is 1. The molecule has 22 heavy (non-hydrogen) atoms. The van der Waals surface area contributed by atoms with Gasteiger partial charge in [0.25, 0.3) is 0 Å². The average Bonchev–Trinajstić information content (AvgIpc) is 2.47. The molecule has 0 aliphatic carbocycles. The molecule has 122 valence electrons. The number of pyridine rings is 1. The summed E-state index contributed by atoms with van der Waals surface area (Å²) in [6, 6.07) is 3.69. The first kappa shape index (κ1) is 20.4. The summed E-state index contributed by atoms with van der Waals surface area (Å²) < 4.78 is 0. The van der Waals surface area contributed by atoms with Gasteiger partial charge in [-0.15, -0.1) is 30.6 Å². The lowest BCUT2D eigenvalue weighted by molar-refractivity contribution is -0.116. The molecule has 6 nitrogen and oxygen atoms in total. The number of rotatable bonds is 7. The zero-order chi connectivity index (χ0) is 15.5. The Bertz CT molecular complexity index is 487. The van der Waals surface area contributed by atoms with E-state index < -0.39 is 0 Å². The van der Waals surface area contributed by atoms with Crippen LogP contribution in [0.2, 0.25) is 0 Å². The Balaban J connectivity index is 0.00000441. The molecule has 0 unspecified atom stereocenters. The van der Waals surface area contributed by atoms with Gasteiger partial charge in [-0.1, -0.05) is 12.1 Å². The van der Waals surface area contributed by atoms with Crippen molar-refractivity contribution in [3.8, 4) is 0 Å². The lowest BCUT2D eigenvalue weighted by Crippen LogP contribution is -2.37. The minimum absolute atomic E-state index is 0. The van der Waals surface area contributed by atoms with Crippen molar-refractivity contribution < 1.29 is 4.79 Å². The van der Waals surface area contributed by atoms with Crippen molar-refractivity contribution in [2.24, 2.45) is 4.99 Å². The molecule has 0 bridgehead atoms. The van der Waals surface area contributed by atoms with Crippen LogP contribution < -0.4 is 16.0 Å². The van der Waals surface area contributed by atoms with E-state index in [-0.39, 0.29) is 29.9 Å². The van der Waals surface area contributed by atoms with Crippen LogP contribution in [0.1, 0.15) is 18.9 Å². The van der Waals surface area contributed by atoms with Crippen LogP contribution in [0.4, 0.5) is 5.82 Å². The summed E-state index contributed by atoms with van der Waals surface area (Å²) in [5.41, 5.74) is 1.06. The first-order valence-corrected chi connectivity index (χ1v) is 7.01. The first-order chi connectivity index (χ1) is 10.2. The second-order valence-electron chi connectivity index (χ2n) is 4.45. The van der Waals surface area contributed by atoms with Crippen molar-refractivity contribution in [2.45, 2.75) is 20.3 Å². The number of carbonyl (C=O) groups is 1. The van der Waals surface area contributed by atoms with Crippen molar-refractivity contribution in [2.75, 3.05) is 25.0 Å². The molecule has 0 fully saturated rings. The number of aliphatic imine (C=N–C) groups is 1. The van der Waals surface area contributed by atoms with Gasteiger partial charge >= 0.3 is 0 Å². The Morgan fingerprint density at radius 3 is 2.77 bits per heavy atom. The molecule has 1 heterocycles. The Kier molecular flexibility index (Phi) is 11.1. The molecule has 1 aromatic rings. The average molecular weight is 417 g/mol. The lowest BCUT2D eigenvalue weighted by atomic mass is 10.3. The summed E-state index contributed by atoms with van der Waals surface area (Å²) in [4.78, 5) is 20.2. The number of carbonyl (C=O) groups excluding carboxylic acids is 1. The number of nitrogens with zero attached hydrogens (tertiary/aromatic N) is 2. The number of anilines is 1. The molecule has 0 saturated heterocycles. The Labute approximate surface area is 148 Å². The quantitative estimate of drug-likeness (QED) is 0.275. The maximum atomic E-state index is 11.8. The van der Waals surface area contributed by atoms with Gasteiger partial charge in [0.05, 0.1) is 6.54 Å². The molecule has 1 rings (SSSR count). The van der Waals surface area contributed by atoms with Crippen molar-refractivity contribution in [3.05, 3.63) is 36.5 Å². The van der Waals surface area contributed by atoms with Gasteiger partial charge in [-0.25, -0.2) is 4.98 Å². The van der Waals surface area contributed by atoms with Crippen molar-refractivity contribution in [1.29, 1.82) is 0 Å². The molecule has 0 aliphatic rings. The van der Waals surface area contributed by atoms with Gasteiger partial charge in [0.1, 0.15) is 5.82 Å². The van der Waals surface area contributed by atoms with Crippen LogP contribution >= 0.6 is 24.0 Å². The van der Waals surface area contributed by atoms with Crippen molar-refractivity contribution in [1.82, 2.24) is 15.6 Å². The normalized spacial score (nSPS) is 10.4. The summed E-state index contributed by atoms with van der Waals surface area (Å²) in [5.74, 6) is 1.14. The topological polar surface area (TPSA) is 78.4 Å². The number of aromatic nitrogens is 1. The van der Waals surface area contributed by atoms with Crippen LogP contribution in [-0.2, 0) is 4.79 Å². The summed E-state index contributed by atoms with van der Waals surface area (Å²) in [5, 5.41) is 8.91. The number of aryl methyl sites for hydroxylation is 1. The van der Waals surface area contributed by atoms with E-state index in [9.17, 15) is 4.79 Å². The van der Waals surface area contributed by atoms with Gasteiger partial charge in [-0.05, 0) is 25.5 Å². The molecule has 1 aromatic heterocycles. The van der Waals surface area contributed by atoms with Crippen LogP contribution in [0.25, 0.3) is 0 Å². The number of amides is 1. The van der Waals surface area contributed by atoms with Gasteiger partial charge in [0.15, 0.2) is 5.96 Å². The largest absolute Gasteiger partial charge is 0.357 e. The molecule has 0 aliphatic heterocycles.